The van der Waals surface area contributed by atoms with Crippen LogP contribution in [0.5, 0.6) is 0 Å². The van der Waals surface area contributed by atoms with Crippen molar-refractivity contribution in [2.45, 2.75) is 58.2 Å². The lowest BCUT2D eigenvalue weighted by atomic mass is 9.98. The molecule has 2 N–H and O–H groups in total. The van der Waals surface area contributed by atoms with Gasteiger partial charge in [0.25, 0.3) is 5.56 Å². The van der Waals surface area contributed by atoms with Gasteiger partial charge < -0.3 is 20.1 Å². The molecule has 0 bridgehead atoms. The molecule has 39 heavy (non-hydrogen) atoms. The van der Waals surface area contributed by atoms with E-state index in [1.165, 1.54) is 0 Å². The molecule has 2 unspecified atom stereocenters. The average molecular weight is 553 g/mol. The van der Waals surface area contributed by atoms with Crippen LogP contribution in [-0.2, 0) is 16.0 Å². The molecule has 3 aromatic rings. The summed E-state index contributed by atoms with van der Waals surface area (Å²) >= 11 is 6.79. The first kappa shape index (κ1) is 27.6. The van der Waals surface area contributed by atoms with Gasteiger partial charge in [0.1, 0.15) is 5.65 Å². The van der Waals surface area contributed by atoms with Crippen molar-refractivity contribution in [3.63, 3.8) is 0 Å². The molecule has 0 aliphatic carbocycles. The van der Waals surface area contributed by atoms with Crippen molar-refractivity contribution in [1.82, 2.24) is 19.9 Å². The smallest absolute Gasteiger partial charge is 0.260 e. The van der Waals surface area contributed by atoms with Crippen molar-refractivity contribution < 1.29 is 9.47 Å². The van der Waals surface area contributed by atoms with Gasteiger partial charge in [0.05, 0.1) is 13.2 Å². The minimum absolute atomic E-state index is 0.0975. The summed E-state index contributed by atoms with van der Waals surface area (Å²) in [4.78, 5) is 28.0. The number of rotatable bonds is 7. The number of methoxy groups -OCH3 is 1. The molecule has 0 radical (unpaired) electrons. The lowest BCUT2D eigenvalue weighted by Gasteiger charge is -2.25. The number of hydrogen-bond donors (Lipinski definition) is 2. The highest BCUT2D eigenvalue weighted by Gasteiger charge is 2.21. The number of pyridine rings is 1. The van der Waals surface area contributed by atoms with E-state index in [0.717, 1.165) is 62.9 Å². The number of hydrogen-bond acceptors (Lipinski definition) is 8. The van der Waals surface area contributed by atoms with E-state index < -0.39 is 0 Å². The molecule has 10 heteroatoms. The zero-order valence-corrected chi connectivity index (χ0v) is 23.6. The fourth-order valence-corrected chi connectivity index (χ4v) is 5.65. The van der Waals surface area contributed by atoms with E-state index in [0.29, 0.717) is 46.1 Å². The number of nitrogens with zero attached hydrogens (tertiary/aromatic N) is 4. The van der Waals surface area contributed by atoms with Gasteiger partial charge in [0, 0.05) is 60.5 Å². The molecule has 0 saturated carbocycles. The molecule has 9 nitrogen and oxygen atoms in total. The number of halogens is 1. The number of piperidine rings is 1. The van der Waals surface area contributed by atoms with Crippen molar-refractivity contribution in [2.75, 3.05) is 38.7 Å². The third kappa shape index (κ3) is 6.42. The zero-order valence-electron chi connectivity index (χ0n) is 22.9. The van der Waals surface area contributed by atoms with Crippen molar-refractivity contribution in [3.05, 3.63) is 51.4 Å². The van der Waals surface area contributed by atoms with Gasteiger partial charge in [-0.3, -0.25) is 9.36 Å². The zero-order chi connectivity index (χ0) is 27.4. The third-order valence-electron chi connectivity index (χ3n) is 7.66. The summed E-state index contributed by atoms with van der Waals surface area (Å²) in [6.07, 6.45) is 5.78. The van der Waals surface area contributed by atoms with Gasteiger partial charge in [0.15, 0.2) is 5.90 Å². The number of aliphatic imine (C=N–C) groups is 1. The van der Waals surface area contributed by atoms with Gasteiger partial charge >= 0.3 is 0 Å². The fourth-order valence-electron chi connectivity index (χ4n) is 5.36. The average Bonchev–Trinajstić information content (AvgIpc) is 2.95. The fraction of sp³-hybridized carbons (Fsp3) is 0.517. The standard InChI is InChI=1S/C29H37ClN6O3/c1-18(33-19(2)38-3)21-6-7-24(26(30)14-21)25-13-22-16-32-29(34-23-8-11-39-12-9-23)35-27(22)36(28(25)37)17-20-5-4-10-31-15-20/h6-7,13-14,16,18,20,23,31H,4-5,8-12,15,17H2,1-3H3,(H,32,34,35). The van der Waals surface area contributed by atoms with Crippen LogP contribution in [0.4, 0.5) is 5.95 Å². The molecule has 2 atom stereocenters. The Balaban J connectivity index is 1.55. The monoisotopic (exact) mass is 552 g/mol. The third-order valence-corrected chi connectivity index (χ3v) is 7.97. The van der Waals surface area contributed by atoms with Crippen LogP contribution in [0.3, 0.4) is 0 Å². The van der Waals surface area contributed by atoms with Crippen LogP contribution in [0.1, 0.15) is 51.1 Å². The summed E-state index contributed by atoms with van der Waals surface area (Å²) in [5.41, 5.74) is 2.72. The van der Waals surface area contributed by atoms with Crippen LogP contribution in [0.15, 0.2) is 40.2 Å². The van der Waals surface area contributed by atoms with E-state index >= 15 is 0 Å². The Bertz CT molecular complexity index is 1400. The summed E-state index contributed by atoms with van der Waals surface area (Å²) in [7, 11) is 1.60. The van der Waals surface area contributed by atoms with E-state index in [4.69, 9.17) is 26.1 Å². The number of aromatic nitrogens is 3. The van der Waals surface area contributed by atoms with E-state index in [1.54, 1.807) is 13.3 Å². The summed E-state index contributed by atoms with van der Waals surface area (Å²) in [6.45, 7) is 7.74. The highest BCUT2D eigenvalue weighted by molar-refractivity contribution is 6.33. The van der Waals surface area contributed by atoms with Gasteiger partial charge in [-0.05, 0) is 69.3 Å². The Hall–Kier alpha value is -3.01. The van der Waals surface area contributed by atoms with Crippen molar-refractivity contribution in [2.24, 2.45) is 10.9 Å². The van der Waals surface area contributed by atoms with E-state index in [-0.39, 0.29) is 17.6 Å². The van der Waals surface area contributed by atoms with Crippen LogP contribution in [0.2, 0.25) is 5.02 Å². The summed E-state index contributed by atoms with van der Waals surface area (Å²) in [5, 5.41) is 8.22. The lowest BCUT2D eigenvalue weighted by Crippen LogP contribution is -2.35. The molecular formula is C29H37ClN6O3. The maximum Gasteiger partial charge on any atom is 0.260 e. The molecule has 4 heterocycles. The maximum absolute atomic E-state index is 14.1. The maximum atomic E-state index is 14.1. The first-order valence-electron chi connectivity index (χ1n) is 13.8. The number of ether oxygens (including phenoxy) is 2. The molecule has 2 aromatic heterocycles. The SMILES string of the molecule is COC(C)=NC(C)c1ccc(-c2cc3cnc(NC4CCOCC4)nc3n(CC3CCCNC3)c2=O)c(Cl)c1. The van der Waals surface area contributed by atoms with Gasteiger partial charge in [-0.2, -0.15) is 4.98 Å². The number of benzene rings is 1. The minimum Gasteiger partial charge on any atom is -0.484 e. The molecule has 2 aliphatic heterocycles. The predicted octanol–water partition coefficient (Wildman–Crippen LogP) is 4.83. The molecule has 5 rings (SSSR count). The van der Waals surface area contributed by atoms with Gasteiger partial charge in [0.2, 0.25) is 5.95 Å². The molecule has 0 amide bonds. The van der Waals surface area contributed by atoms with Crippen molar-refractivity contribution >= 4 is 34.5 Å². The summed E-state index contributed by atoms with van der Waals surface area (Å²) < 4.78 is 12.5. The second kappa shape index (κ2) is 12.4. The van der Waals surface area contributed by atoms with Crippen LogP contribution < -0.4 is 16.2 Å². The molecular weight excluding hydrogens is 516 g/mol. The molecule has 2 fully saturated rings. The highest BCUT2D eigenvalue weighted by Crippen LogP contribution is 2.31. The number of nitrogens with one attached hydrogen (secondary N) is 2. The first-order valence-corrected chi connectivity index (χ1v) is 14.1. The number of fused-ring (bicyclic) bond motifs is 1. The number of anilines is 1. The Morgan fingerprint density at radius 1 is 1.28 bits per heavy atom. The van der Waals surface area contributed by atoms with E-state index in [9.17, 15) is 4.79 Å². The van der Waals surface area contributed by atoms with E-state index in [2.05, 4.69) is 20.6 Å². The highest BCUT2D eigenvalue weighted by atomic mass is 35.5. The van der Waals surface area contributed by atoms with Crippen LogP contribution >= 0.6 is 11.6 Å². The Labute approximate surface area is 234 Å². The Morgan fingerprint density at radius 2 is 2.10 bits per heavy atom. The van der Waals surface area contributed by atoms with Crippen LogP contribution in [0, 0.1) is 5.92 Å². The van der Waals surface area contributed by atoms with Crippen molar-refractivity contribution in [3.8, 4) is 11.1 Å². The quantitative estimate of drug-likeness (QED) is 0.320. The molecule has 2 saturated heterocycles. The normalized spacial score (nSPS) is 19.7. The molecule has 208 valence electrons. The van der Waals surface area contributed by atoms with Crippen molar-refractivity contribution in [1.29, 1.82) is 0 Å². The summed E-state index contributed by atoms with van der Waals surface area (Å²) in [6, 6.07) is 7.75. The molecule has 1 aromatic carbocycles. The first-order chi connectivity index (χ1) is 18.9. The topological polar surface area (TPSA) is 103 Å². The molecule has 0 spiro atoms. The summed E-state index contributed by atoms with van der Waals surface area (Å²) in [5.74, 6) is 1.49. The second-order valence-electron chi connectivity index (χ2n) is 10.5. The minimum atomic E-state index is -0.126. The lowest BCUT2D eigenvalue weighted by molar-refractivity contribution is 0.0903. The largest absolute Gasteiger partial charge is 0.484 e. The Morgan fingerprint density at radius 3 is 2.82 bits per heavy atom. The van der Waals surface area contributed by atoms with Crippen LogP contribution in [0.25, 0.3) is 22.2 Å². The van der Waals surface area contributed by atoms with Gasteiger partial charge in [-0.15, -0.1) is 0 Å². The van der Waals surface area contributed by atoms with Crippen LogP contribution in [-0.4, -0.2) is 59.9 Å². The second-order valence-corrected chi connectivity index (χ2v) is 10.9. The van der Waals surface area contributed by atoms with Gasteiger partial charge in [-0.1, -0.05) is 23.7 Å². The molecule has 2 aliphatic rings. The Kier molecular flexibility index (Phi) is 8.79. The van der Waals surface area contributed by atoms with E-state index in [1.807, 2.05) is 42.7 Å². The predicted molar refractivity (Wildman–Crippen MR) is 156 cm³/mol. The van der Waals surface area contributed by atoms with Gasteiger partial charge in [-0.25, -0.2) is 9.98 Å².